The highest BCUT2D eigenvalue weighted by Crippen LogP contribution is 2.32. The van der Waals surface area contributed by atoms with Gasteiger partial charge in [-0.3, -0.25) is 29.3 Å². The molecule has 2 aliphatic rings. The Morgan fingerprint density at radius 2 is 1.80 bits per heavy atom. The van der Waals surface area contributed by atoms with Gasteiger partial charge in [-0.15, -0.1) is 0 Å². The van der Waals surface area contributed by atoms with Crippen LogP contribution < -0.4 is 21.3 Å². The number of carbonyl (C=O) groups is 5. The zero-order valence-electron chi connectivity index (χ0n) is 20.3. The van der Waals surface area contributed by atoms with Crippen molar-refractivity contribution in [2.24, 2.45) is 0 Å². The van der Waals surface area contributed by atoms with Crippen LogP contribution >= 0.6 is 0 Å². The maximum atomic E-state index is 12.9. The number of unbranched alkanes of at least 4 members (excludes halogenated alkanes) is 3. The number of rotatable bonds is 13. The number of hydrogen-bond donors (Lipinski definition) is 4. The summed E-state index contributed by atoms with van der Waals surface area (Å²) in [7, 11) is 0. The smallest absolute Gasteiger partial charge is 0.255 e. The molecule has 35 heavy (non-hydrogen) atoms. The fourth-order valence-corrected chi connectivity index (χ4v) is 4.41. The number of hydrogen-bond acceptors (Lipinski definition) is 6. The van der Waals surface area contributed by atoms with Gasteiger partial charge in [-0.05, 0) is 50.9 Å². The van der Waals surface area contributed by atoms with Crippen molar-refractivity contribution >= 4 is 35.2 Å². The van der Waals surface area contributed by atoms with Crippen LogP contribution in [0.2, 0.25) is 0 Å². The zero-order chi connectivity index (χ0) is 25.2. The predicted octanol–water partition coefficient (Wildman–Crippen LogP) is 1.45. The number of nitrogens with one attached hydrogen (secondary N) is 4. The molecule has 1 unspecified atom stereocenters. The van der Waals surface area contributed by atoms with Crippen LogP contribution in [-0.4, -0.2) is 60.1 Å². The van der Waals surface area contributed by atoms with Crippen molar-refractivity contribution in [3.05, 3.63) is 29.3 Å². The summed E-state index contributed by atoms with van der Waals surface area (Å²) < 4.78 is 0. The molecule has 0 bridgehead atoms. The first-order valence-corrected chi connectivity index (χ1v) is 12.4. The maximum Gasteiger partial charge on any atom is 0.255 e. The molecule has 5 amide bonds. The Morgan fingerprint density at radius 3 is 2.57 bits per heavy atom. The van der Waals surface area contributed by atoms with E-state index in [1.165, 1.54) is 11.8 Å². The van der Waals surface area contributed by atoms with Gasteiger partial charge in [0.25, 0.3) is 5.91 Å². The van der Waals surface area contributed by atoms with E-state index in [0.717, 1.165) is 45.2 Å². The summed E-state index contributed by atoms with van der Waals surface area (Å²) in [5.74, 6) is -1.13. The summed E-state index contributed by atoms with van der Waals surface area (Å²) in [6, 6.07) is 4.52. The second kappa shape index (κ2) is 13.0. The van der Waals surface area contributed by atoms with Gasteiger partial charge in [0.15, 0.2) is 0 Å². The van der Waals surface area contributed by atoms with Gasteiger partial charge in [0.2, 0.25) is 23.6 Å². The van der Waals surface area contributed by atoms with E-state index in [9.17, 15) is 24.0 Å². The van der Waals surface area contributed by atoms with Crippen molar-refractivity contribution in [1.29, 1.82) is 0 Å². The van der Waals surface area contributed by atoms with Crippen LogP contribution in [0.5, 0.6) is 0 Å². The first kappa shape index (κ1) is 26.3. The van der Waals surface area contributed by atoms with Crippen molar-refractivity contribution in [2.75, 3.05) is 25.0 Å². The number of benzene rings is 1. The summed E-state index contributed by atoms with van der Waals surface area (Å²) in [5, 5.41) is 11.3. The van der Waals surface area contributed by atoms with Crippen LogP contribution in [-0.2, 0) is 25.7 Å². The van der Waals surface area contributed by atoms with E-state index in [1.54, 1.807) is 18.2 Å². The lowest BCUT2D eigenvalue weighted by molar-refractivity contribution is -0.137. The highest BCUT2D eigenvalue weighted by atomic mass is 16.2. The molecule has 190 valence electrons. The number of nitrogens with zero attached hydrogens (tertiary/aromatic N) is 1. The quantitative estimate of drug-likeness (QED) is 0.247. The summed E-state index contributed by atoms with van der Waals surface area (Å²) in [6.07, 6.45) is 5.61. The molecule has 3 rings (SSSR count). The molecule has 0 aliphatic carbocycles. The molecular formula is C25H35N5O5. The Bertz CT molecular complexity index is 964. The summed E-state index contributed by atoms with van der Waals surface area (Å²) in [5.41, 5.74) is 1.79. The molecule has 1 saturated heterocycles. The topological polar surface area (TPSA) is 137 Å². The molecular weight excluding hydrogens is 450 g/mol. The molecule has 0 saturated carbocycles. The number of amides is 5. The van der Waals surface area contributed by atoms with Gasteiger partial charge in [0.1, 0.15) is 6.04 Å². The lowest BCUT2D eigenvalue weighted by Crippen LogP contribution is -2.52. The fraction of sp³-hybridized carbons (Fsp3) is 0.560. The van der Waals surface area contributed by atoms with E-state index in [2.05, 4.69) is 21.3 Å². The van der Waals surface area contributed by atoms with Crippen LogP contribution in [0, 0.1) is 0 Å². The Balaban J connectivity index is 1.36. The van der Waals surface area contributed by atoms with E-state index in [4.69, 9.17) is 0 Å². The van der Waals surface area contributed by atoms with E-state index in [0.29, 0.717) is 36.2 Å². The number of fused-ring (bicyclic) bond motifs is 1. The average molecular weight is 486 g/mol. The summed E-state index contributed by atoms with van der Waals surface area (Å²) >= 11 is 0. The van der Waals surface area contributed by atoms with E-state index < -0.39 is 11.9 Å². The predicted molar refractivity (Wildman–Crippen MR) is 130 cm³/mol. The zero-order valence-corrected chi connectivity index (χ0v) is 20.3. The van der Waals surface area contributed by atoms with Gasteiger partial charge in [0, 0.05) is 49.7 Å². The molecule has 1 aromatic rings. The Kier molecular flexibility index (Phi) is 9.77. The standard InChI is InChI=1S/C25H35N5O5/c1-17(31)27-15-7-14-26-13-5-3-2-4-10-22(32)28-20-9-6-8-18-19(20)16-30(25(18)35)21-11-12-23(33)29-24(21)34/h6,8-9,21,26H,2-5,7,10-16H2,1H3,(H,27,31)(H,28,32)(H,29,33,34). The normalized spacial score (nSPS) is 17.2. The number of anilines is 1. The SMILES string of the molecule is CC(=O)NCCCNCCCCCCC(=O)Nc1cccc2c1CN(C1CCC(=O)NC1=O)C2=O. The van der Waals surface area contributed by atoms with Crippen LogP contribution in [0.15, 0.2) is 18.2 Å². The molecule has 1 aromatic carbocycles. The third-order valence-electron chi connectivity index (χ3n) is 6.27. The van der Waals surface area contributed by atoms with Crippen molar-refractivity contribution in [3.8, 4) is 0 Å². The minimum atomic E-state index is -0.678. The second-order valence-electron chi connectivity index (χ2n) is 9.03. The summed E-state index contributed by atoms with van der Waals surface area (Å²) in [6.45, 7) is 4.21. The van der Waals surface area contributed by atoms with Crippen molar-refractivity contribution in [2.45, 2.75) is 70.9 Å². The second-order valence-corrected chi connectivity index (χ2v) is 9.03. The largest absolute Gasteiger partial charge is 0.356 e. The van der Waals surface area contributed by atoms with Gasteiger partial charge in [-0.2, -0.15) is 0 Å². The van der Waals surface area contributed by atoms with E-state index in [1.807, 2.05) is 0 Å². The van der Waals surface area contributed by atoms with Crippen LogP contribution in [0.1, 0.15) is 74.2 Å². The molecule has 2 aliphatic heterocycles. The van der Waals surface area contributed by atoms with Gasteiger partial charge >= 0.3 is 0 Å². The molecule has 0 aromatic heterocycles. The molecule has 4 N–H and O–H groups in total. The molecule has 10 nitrogen and oxygen atoms in total. The molecule has 0 radical (unpaired) electrons. The molecule has 0 spiro atoms. The molecule has 1 atom stereocenters. The van der Waals surface area contributed by atoms with Crippen molar-refractivity contribution in [3.63, 3.8) is 0 Å². The number of imide groups is 1. The van der Waals surface area contributed by atoms with Gasteiger partial charge < -0.3 is 20.9 Å². The highest BCUT2D eigenvalue weighted by molar-refractivity contribution is 6.06. The third-order valence-corrected chi connectivity index (χ3v) is 6.27. The minimum absolute atomic E-state index is 0.00614. The fourth-order valence-electron chi connectivity index (χ4n) is 4.41. The monoisotopic (exact) mass is 485 g/mol. The number of piperidine rings is 1. The van der Waals surface area contributed by atoms with Gasteiger partial charge in [0.05, 0.1) is 0 Å². The van der Waals surface area contributed by atoms with Crippen LogP contribution in [0.4, 0.5) is 5.69 Å². The van der Waals surface area contributed by atoms with Crippen molar-refractivity contribution < 1.29 is 24.0 Å². The Labute approximate surface area is 205 Å². The van der Waals surface area contributed by atoms with Gasteiger partial charge in [-0.25, -0.2) is 0 Å². The van der Waals surface area contributed by atoms with Crippen LogP contribution in [0.25, 0.3) is 0 Å². The lowest BCUT2D eigenvalue weighted by Gasteiger charge is -2.29. The molecule has 1 fully saturated rings. The lowest BCUT2D eigenvalue weighted by atomic mass is 10.0. The van der Waals surface area contributed by atoms with E-state index >= 15 is 0 Å². The highest BCUT2D eigenvalue weighted by Gasteiger charge is 2.39. The maximum absolute atomic E-state index is 12.9. The first-order chi connectivity index (χ1) is 16.9. The van der Waals surface area contributed by atoms with E-state index in [-0.39, 0.29) is 36.6 Å². The average Bonchev–Trinajstić information content (AvgIpc) is 3.14. The third kappa shape index (κ3) is 7.61. The Hall–Kier alpha value is -3.27. The summed E-state index contributed by atoms with van der Waals surface area (Å²) in [4.78, 5) is 61.3. The number of carbonyl (C=O) groups excluding carboxylic acids is 5. The van der Waals surface area contributed by atoms with Crippen molar-refractivity contribution in [1.82, 2.24) is 20.9 Å². The van der Waals surface area contributed by atoms with Crippen LogP contribution in [0.3, 0.4) is 0 Å². The first-order valence-electron chi connectivity index (χ1n) is 12.4. The van der Waals surface area contributed by atoms with Gasteiger partial charge in [-0.1, -0.05) is 18.9 Å². The molecule has 2 heterocycles. The molecule has 10 heteroatoms. The Morgan fingerprint density at radius 1 is 1.03 bits per heavy atom. The minimum Gasteiger partial charge on any atom is -0.356 e.